The van der Waals surface area contributed by atoms with E-state index in [2.05, 4.69) is 15.0 Å². The first-order valence-electron chi connectivity index (χ1n) is 7.10. The molecule has 1 aromatic heterocycles. The molecule has 0 amide bonds. The van der Waals surface area contributed by atoms with E-state index in [1.54, 1.807) is 42.7 Å². The van der Waals surface area contributed by atoms with E-state index in [4.69, 9.17) is 10.2 Å². The van der Waals surface area contributed by atoms with Crippen molar-refractivity contribution in [2.45, 2.75) is 18.4 Å². The number of aryl methyl sites for hydroxylation is 1. The highest BCUT2D eigenvalue weighted by molar-refractivity contribution is 14.0. The molecule has 0 fully saturated rings. The second-order valence-electron chi connectivity index (χ2n) is 4.92. The molecule has 2 aromatic rings. The van der Waals surface area contributed by atoms with Crippen LogP contribution in [0.15, 0.2) is 57.0 Å². The zero-order valence-electron chi connectivity index (χ0n) is 13.2. The number of nitrogens with zero attached hydrogens (tertiary/aromatic N) is 1. The van der Waals surface area contributed by atoms with Crippen molar-refractivity contribution in [1.29, 1.82) is 0 Å². The molecular formula is C15H21IN4O3S. The number of halogens is 1. The van der Waals surface area contributed by atoms with Crippen LogP contribution >= 0.6 is 24.0 Å². The van der Waals surface area contributed by atoms with Crippen molar-refractivity contribution in [2.24, 2.45) is 10.7 Å². The first-order chi connectivity index (χ1) is 11.0. The number of sulfonamides is 1. The number of hydrogen-bond acceptors (Lipinski definition) is 4. The first kappa shape index (κ1) is 20.5. The summed E-state index contributed by atoms with van der Waals surface area (Å²) < 4.78 is 31.7. The van der Waals surface area contributed by atoms with Crippen LogP contribution in [0.4, 0.5) is 0 Å². The Labute approximate surface area is 158 Å². The molecule has 7 nitrogen and oxygen atoms in total. The van der Waals surface area contributed by atoms with Gasteiger partial charge in [-0.3, -0.25) is 0 Å². The van der Waals surface area contributed by atoms with Crippen molar-refractivity contribution in [2.75, 3.05) is 13.1 Å². The Morgan fingerprint density at radius 1 is 1.21 bits per heavy atom. The van der Waals surface area contributed by atoms with Crippen molar-refractivity contribution in [1.82, 2.24) is 10.0 Å². The standard InChI is InChI=1S/C15H20N4O3S.HI/c1-12-4-6-14(7-5-12)23(20,21)19-9-8-17-15(16)18-11-13-3-2-10-22-13;/h2-7,10,19H,8-9,11H2,1H3,(H3,16,17,18);1H. The fraction of sp³-hybridized carbons (Fsp3) is 0.267. The maximum atomic E-state index is 12.1. The van der Waals surface area contributed by atoms with E-state index in [-0.39, 0.29) is 41.4 Å². The lowest BCUT2D eigenvalue weighted by Crippen LogP contribution is -2.38. The molecule has 9 heteroatoms. The van der Waals surface area contributed by atoms with E-state index in [0.717, 1.165) is 5.56 Å². The van der Waals surface area contributed by atoms with Gasteiger partial charge in [-0.1, -0.05) is 17.7 Å². The molecule has 0 aliphatic rings. The average Bonchev–Trinajstić information content (AvgIpc) is 3.03. The smallest absolute Gasteiger partial charge is 0.240 e. The Kier molecular flexibility index (Phi) is 8.22. The second kappa shape index (κ2) is 9.64. The van der Waals surface area contributed by atoms with Gasteiger partial charge in [-0.2, -0.15) is 0 Å². The Morgan fingerprint density at radius 3 is 2.54 bits per heavy atom. The molecule has 0 unspecified atom stereocenters. The van der Waals surface area contributed by atoms with Crippen LogP contribution in [0.3, 0.4) is 0 Å². The highest BCUT2D eigenvalue weighted by Crippen LogP contribution is 2.09. The lowest BCUT2D eigenvalue weighted by molar-refractivity contribution is 0.512. The molecular weight excluding hydrogens is 443 g/mol. The third-order valence-corrected chi connectivity index (χ3v) is 4.52. The molecule has 0 saturated heterocycles. The van der Waals surface area contributed by atoms with Gasteiger partial charge in [0, 0.05) is 13.1 Å². The predicted octanol–water partition coefficient (Wildman–Crippen LogP) is 1.59. The van der Waals surface area contributed by atoms with Gasteiger partial charge >= 0.3 is 0 Å². The first-order valence-corrected chi connectivity index (χ1v) is 8.58. The summed E-state index contributed by atoms with van der Waals surface area (Å²) in [4.78, 5) is 4.32. The summed E-state index contributed by atoms with van der Waals surface area (Å²) in [5.74, 6) is 0.936. The molecule has 1 heterocycles. The Bertz CT molecular complexity index is 744. The topological polar surface area (TPSA) is 110 Å². The van der Waals surface area contributed by atoms with Crippen molar-refractivity contribution in [3.63, 3.8) is 0 Å². The molecule has 4 N–H and O–H groups in total. The van der Waals surface area contributed by atoms with Gasteiger partial charge in [-0.15, -0.1) is 24.0 Å². The molecule has 1 aromatic carbocycles. The largest absolute Gasteiger partial charge is 0.467 e. The van der Waals surface area contributed by atoms with E-state index in [9.17, 15) is 8.42 Å². The molecule has 0 radical (unpaired) electrons. The number of benzene rings is 1. The second-order valence-corrected chi connectivity index (χ2v) is 6.69. The van der Waals surface area contributed by atoms with Crippen LogP contribution in [0.5, 0.6) is 0 Å². The lowest BCUT2D eigenvalue weighted by Gasteiger charge is -2.08. The summed E-state index contributed by atoms with van der Waals surface area (Å²) in [7, 11) is -3.51. The van der Waals surface area contributed by atoms with Crippen LogP contribution in [0, 0.1) is 6.92 Å². The van der Waals surface area contributed by atoms with Gasteiger partial charge in [0.2, 0.25) is 10.0 Å². The minimum Gasteiger partial charge on any atom is -0.467 e. The number of rotatable bonds is 7. The Morgan fingerprint density at radius 2 is 1.92 bits per heavy atom. The van der Waals surface area contributed by atoms with Crippen LogP contribution in [-0.2, 0) is 16.6 Å². The normalized spacial score (nSPS) is 11.8. The molecule has 0 aliphatic heterocycles. The number of guanidine groups is 1. The quantitative estimate of drug-likeness (QED) is 0.250. The Balaban J connectivity index is 0.00000288. The lowest BCUT2D eigenvalue weighted by atomic mass is 10.2. The number of nitrogens with one attached hydrogen (secondary N) is 2. The van der Waals surface area contributed by atoms with Gasteiger partial charge in [0.15, 0.2) is 5.96 Å². The maximum absolute atomic E-state index is 12.1. The molecule has 0 aliphatic carbocycles. The van der Waals surface area contributed by atoms with Crippen molar-refractivity contribution in [3.8, 4) is 0 Å². The van der Waals surface area contributed by atoms with E-state index in [0.29, 0.717) is 18.8 Å². The molecule has 24 heavy (non-hydrogen) atoms. The third kappa shape index (κ3) is 6.49. The van der Waals surface area contributed by atoms with E-state index in [1.807, 2.05) is 6.92 Å². The summed E-state index contributed by atoms with van der Waals surface area (Å²) in [5, 5.41) is 2.84. The summed E-state index contributed by atoms with van der Waals surface area (Å²) in [5.41, 5.74) is 6.69. The van der Waals surface area contributed by atoms with Crippen LogP contribution in [0.2, 0.25) is 0 Å². The maximum Gasteiger partial charge on any atom is 0.240 e. The van der Waals surface area contributed by atoms with E-state index >= 15 is 0 Å². The van der Waals surface area contributed by atoms with Gasteiger partial charge in [0.25, 0.3) is 0 Å². The zero-order chi connectivity index (χ0) is 16.7. The monoisotopic (exact) mass is 464 g/mol. The van der Waals surface area contributed by atoms with Crippen LogP contribution in [0.25, 0.3) is 0 Å². The molecule has 132 valence electrons. The minimum atomic E-state index is -3.51. The van der Waals surface area contributed by atoms with Gasteiger partial charge in [-0.05, 0) is 31.2 Å². The molecule has 2 rings (SSSR count). The van der Waals surface area contributed by atoms with Crippen molar-refractivity contribution in [3.05, 3.63) is 54.0 Å². The number of hydrogen-bond donors (Lipinski definition) is 3. The molecule has 0 spiro atoms. The van der Waals surface area contributed by atoms with Crippen LogP contribution in [0.1, 0.15) is 11.3 Å². The third-order valence-electron chi connectivity index (χ3n) is 3.04. The summed E-state index contributed by atoms with van der Waals surface area (Å²) in [6.45, 7) is 2.77. The van der Waals surface area contributed by atoms with Crippen LogP contribution < -0.4 is 15.8 Å². The zero-order valence-corrected chi connectivity index (χ0v) is 16.4. The van der Waals surface area contributed by atoms with Gasteiger partial charge in [0.05, 0.1) is 11.2 Å². The fourth-order valence-electron chi connectivity index (χ4n) is 1.80. The SMILES string of the molecule is Cc1ccc(S(=O)(=O)NCCNC(N)=NCc2ccco2)cc1.I. The van der Waals surface area contributed by atoms with Crippen molar-refractivity contribution < 1.29 is 12.8 Å². The van der Waals surface area contributed by atoms with Crippen LogP contribution in [-0.4, -0.2) is 27.5 Å². The van der Waals surface area contributed by atoms with E-state index < -0.39 is 10.0 Å². The van der Waals surface area contributed by atoms with E-state index in [1.165, 1.54) is 0 Å². The summed E-state index contributed by atoms with van der Waals surface area (Å²) in [6, 6.07) is 10.2. The number of nitrogens with two attached hydrogens (primary N) is 1. The molecule has 0 atom stereocenters. The highest BCUT2D eigenvalue weighted by atomic mass is 127. The highest BCUT2D eigenvalue weighted by Gasteiger charge is 2.12. The summed E-state index contributed by atoms with van der Waals surface area (Å²) >= 11 is 0. The van der Waals surface area contributed by atoms with Gasteiger partial charge < -0.3 is 15.5 Å². The molecule has 0 saturated carbocycles. The number of aliphatic imine (C=N–C) groups is 1. The number of furan rings is 1. The minimum absolute atomic E-state index is 0. The van der Waals surface area contributed by atoms with Gasteiger partial charge in [-0.25, -0.2) is 18.1 Å². The fourth-order valence-corrected chi connectivity index (χ4v) is 2.83. The summed E-state index contributed by atoms with van der Waals surface area (Å²) in [6.07, 6.45) is 1.56. The van der Waals surface area contributed by atoms with Crippen molar-refractivity contribution >= 4 is 40.0 Å². The average molecular weight is 464 g/mol. The Hall–Kier alpha value is -1.59. The van der Waals surface area contributed by atoms with Gasteiger partial charge in [0.1, 0.15) is 12.3 Å². The predicted molar refractivity (Wildman–Crippen MR) is 104 cm³/mol. The molecule has 0 bridgehead atoms.